The van der Waals surface area contributed by atoms with Gasteiger partial charge in [0.25, 0.3) is 0 Å². The SMILES string of the molecule is CC(=O)Oc1ccc(C#Cc2ccc(N3CCC(Oc4ccccc4F)CC3)nn2)cc1F. The van der Waals surface area contributed by atoms with E-state index in [1.165, 1.54) is 25.1 Å². The first kappa shape index (κ1) is 22.2. The van der Waals surface area contributed by atoms with Crippen LogP contribution in [0.4, 0.5) is 14.6 Å². The van der Waals surface area contributed by atoms with Gasteiger partial charge in [0.1, 0.15) is 11.8 Å². The van der Waals surface area contributed by atoms with E-state index in [0.29, 0.717) is 24.3 Å². The molecule has 1 aromatic heterocycles. The van der Waals surface area contributed by atoms with Crippen molar-refractivity contribution in [2.24, 2.45) is 0 Å². The van der Waals surface area contributed by atoms with Gasteiger partial charge in [-0.1, -0.05) is 18.1 Å². The Bertz CT molecular complexity index is 1200. The van der Waals surface area contributed by atoms with Crippen molar-refractivity contribution in [2.45, 2.75) is 25.9 Å². The van der Waals surface area contributed by atoms with Gasteiger partial charge in [-0.2, -0.15) is 0 Å². The molecule has 8 heteroatoms. The van der Waals surface area contributed by atoms with Crippen LogP contribution in [-0.2, 0) is 4.79 Å². The van der Waals surface area contributed by atoms with E-state index in [0.717, 1.165) is 18.7 Å². The summed E-state index contributed by atoms with van der Waals surface area (Å²) >= 11 is 0. The molecule has 1 saturated heterocycles. The first-order valence-corrected chi connectivity index (χ1v) is 10.5. The molecule has 3 aromatic rings. The normalized spacial score (nSPS) is 13.7. The van der Waals surface area contributed by atoms with Crippen molar-refractivity contribution in [1.29, 1.82) is 0 Å². The van der Waals surface area contributed by atoms with Crippen molar-refractivity contribution in [2.75, 3.05) is 18.0 Å². The van der Waals surface area contributed by atoms with Crippen LogP contribution in [0.25, 0.3) is 0 Å². The zero-order valence-electron chi connectivity index (χ0n) is 17.9. The quantitative estimate of drug-likeness (QED) is 0.339. The number of para-hydroxylation sites is 1. The van der Waals surface area contributed by atoms with Crippen molar-refractivity contribution < 1.29 is 23.0 Å². The van der Waals surface area contributed by atoms with E-state index in [1.54, 1.807) is 30.3 Å². The summed E-state index contributed by atoms with van der Waals surface area (Å²) in [6.07, 6.45) is 1.43. The third-order valence-electron chi connectivity index (χ3n) is 5.07. The van der Waals surface area contributed by atoms with Crippen LogP contribution in [0.3, 0.4) is 0 Å². The van der Waals surface area contributed by atoms with Crippen LogP contribution < -0.4 is 14.4 Å². The van der Waals surface area contributed by atoms with Gasteiger partial charge in [-0.15, -0.1) is 10.2 Å². The number of esters is 1. The van der Waals surface area contributed by atoms with E-state index in [2.05, 4.69) is 26.9 Å². The standard InChI is InChI=1S/C25H21F2N3O3/c1-17(31)32-24-10-7-18(16-22(24)27)6-8-19-9-11-25(29-28-19)30-14-12-20(13-15-30)33-23-5-3-2-4-21(23)26/h2-5,7,9-11,16,20H,12-15H2,1H3. The highest BCUT2D eigenvalue weighted by Gasteiger charge is 2.22. The molecule has 0 N–H and O–H groups in total. The number of rotatable bonds is 4. The maximum Gasteiger partial charge on any atom is 0.308 e. The molecular weight excluding hydrogens is 428 g/mol. The fourth-order valence-electron chi connectivity index (χ4n) is 3.44. The molecule has 1 fully saturated rings. The van der Waals surface area contributed by atoms with Crippen molar-refractivity contribution in [3.8, 4) is 23.3 Å². The van der Waals surface area contributed by atoms with Gasteiger partial charge in [0, 0.05) is 38.4 Å². The number of hydrogen-bond acceptors (Lipinski definition) is 6. The number of anilines is 1. The monoisotopic (exact) mass is 449 g/mol. The Kier molecular flexibility index (Phi) is 6.79. The van der Waals surface area contributed by atoms with E-state index >= 15 is 0 Å². The van der Waals surface area contributed by atoms with E-state index in [-0.39, 0.29) is 23.4 Å². The Labute approximate surface area is 190 Å². The maximum atomic E-state index is 14.0. The lowest BCUT2D eigenvalue weighted by molar-refractivity contribution is -0.132. The molecule has 33 heavy (non-hydrogen) atoms. The summed E-state index contributed by atoms with van der Waals surface area (Å²) in [6.45, 7) is 2.64. The van der Waals surface area contributed by atoms with Gasteiger partial charge in [0.15, 0.2) is 29.0 Å². The highest BCUT2D eigenvalue weighted by molar-refractivity contribution is 5.69. The van der Waals surface area contributed by atoms with Crippen LogP contribution >= 0.6 is 0 Å². The summed E-state index contributed by atoms with van der Waals surface area (Å²) in [5.74, 6) is 4.92. The fraction of sp³-hybridized carbons (Fsp3) is 0.240. The lowest BCUT2D eigenvalue weighted by Gasteiger charge is -2.32. The second-order valence-corrected chi connectivity index (χ2v) is 7.50. The third kappa shape index (κ3) is 5.83. The minimum atomic E-state index is -0.666. The first-order chi connectivity index (χ1) is 16.0. The van der Waals surface area contributed by atoms with Crippen molar-refractivity contribution in [3.05, 3.63) is 77.5 Å². The maximum absolute atomic E-state index is 14.0. The largest absolute Gasteiger partial charge is 0.487 e. The van der Waals surface area contributed by atoms with Crippen molar-refractivity contribution in [1.82, 2.24) is 10.2 Å². The predicted molar refractivity (Wildman–Crippen MR) is 118 cm³/mol. The molecule has 2 heterocycles. The van der Waals surface area contributed by atoms with Gasteiger partial charge >= 0.3 is 5.97 Å². The van der Waals surface area contributed by atoms with Crippen LogP contribution in [0.2, 0.25) is 0 Å². The number of aromatic nitrogens is 2. The molecule has 4 rings (SSSR count). The van der Waals surface area contributed by atoms with Gasteiger partial charge < -0.3 is 14.4 Å². The topological polar surface area (TPSA) is 64.5 Å². The van der Waals surface area contributed by atoms with E-state index in [1.807, 2.05) is 6.07 Å². The molecule has 0 radical (unpaired) electrons. The first-order valence-electron chi connectivity index (χ1n) is 10.5. The Morgan fingerprint density at radius 1 is 0.970 bits per heavy atom. The molecule has 1 aliphatic heterocycles. The third-order valence-corrected chi connectivity index (χ3v) is 5.07. The number of nitrogens with zero attached hydrogens (tertiary/aromatic N) is 3. The molecular formula is C25H21F2N3O3. The molecule has 0 amide bonds. The van der Waals surface area contributed by atoms with Crippen LogP contribution in [0.1, 0.15) is 31.0 Å². The zero-order valence-corrected chi connectivity index (χ0v) is 17.9. The van der Waals surface area contributed by atoms with Crippen LogP contribution in [0.5, 0.6) is 11.5 Å². The molecule has 0 saturated carbocycles. The van der Waals surface area contributed by atoms with Crippen molar-refractivity contribution in [3.63, 3.8) is 0 Å². The molecule has 168 valence electrons. The Morgan fingerprint density at radius 3 is 2.42 bits per heavy atom. The minimum Gasteiger partial charge on any atom is -0.487 e. The summed E-state index contributed by atoms with van der Waals surface area (Å²) < 4.78 is 38.3. The highest BCUT2D eigenvalue weighted by Crippen LogP contribution is 2.24. The van der Waals surface area contributed by atoms with E-state index in [9.17, 15) is 13.6 Å². The molecule has 0 bridgehead atoms. The number of hydrogen-bond donors (Lipinski definition) is 0. The molecule has 0 spiro atoms. The Hall–Kier alpha value is -3.99. The molecule has 0 atom stereocenters. The zero-order chi connectivity index (χ0) is 23.2. The fourth-order valence-corrected chi connectivity index (χ4v) is 3.44. The van der Waals surface area contributed by atoms with Gasteiger partial charge in [0.05, 0.1) is 0 Å². The summed E-state index contributed by atoms with van der Waals surface area (Å²) in [5.41, 5.74) is 0.868. The smallest absolute Gasteiger partial charge is 0.308 e. The number of carbonyl (C=O) groups is 1. The number of benzene rings is 2. The van der Waals surface area contributed by atoms with E-state index < -0.39 is 11.8 Å². The predicted octanol–water partition coefficient (Wildman–Crippen LogP) is 4.13. The van der Waals surface area contributed by atoms with Gasteiger partial charge in [0.2, 0.25) is 0 Å². The molecule has 2 aromatic carbocycles. The van der Waals surface area contributed by atoms with E-state index in [4.69, 9.17) is 9.47 Å². The lowest BCUT2D eigenvalue weighted by Crippen LogP contribution is -2.38. The van der Waals surface area contributed by atoms with Crippen LogP contribution in [0.15, 0.2) is 54.6 Å². The average Bonchev–Trinajstić information content (AvgIpc) is 2.81. The van der Waals surface area contributed by atoms with Gasteiger partial charge in [-0.3, -0.25) is 4.79 Å². The number of ether oxygens (including phenoxy) is 2. The van der Waals surface area contributed by atoms with Crippen molar-refractivity contribution >= 4 is 11.8 Å². The number of carbonyl (C=O) groups excluding carboxylic acids is 1. The average molecular weight is 449 g/mol. The molecule has 1 aliphatic rings. The number of halogens is 2. The summed E-state index contributed by atoms with van der Waals surface area (Å²) in [7, 11) is 0. The van der Waals surface area contributed by atoms with Crippen LogP contribution in [0, 0.1) is 23.5 Å². The molecule has 6 nitrogen and oxygen atoms in total. The Morgan fingerprint density at radius 2 is 1.76 bits per heavy atom. The minimum absolute atomic E-state index is 0.0520. The number of piperidine rings is 1. The highest BCUT2D eigenvalue weighted by atomic mass is 19.1. The summed E-state index contributed by atoms with van der Waals surface area (Å²) in [5, 5.41) is 8.38. The van der Waals surface area contributed by atoms with Gasteiger partial charge in [-0.25, -0.2) is 8.78 Å². The molecule has 0 aliphatic carbocycles. The lowest BCUT2D eigenvalue weighted by atomic mass is 10.1. The summed E-state index contributed by atoms with van der Waals surface area (Å²) in [6, 6.07) is 14.1. The Balaban J connectivity index is 1.34. The van der Waals surface area contributed by atoms with Gasteiger partial charge in [-0.05, 0) is 48.4 Å². The second kappa shape index (κ2) is 10.1. The summed E-state index contributed by atoms with van der Waals surface area (Å²) in [4.78, 5) is 13.0. The second-order valence-electron chi connectivity index (χ2n) is 7.50. The van der Waals surface area contributed by atoms with Crippen LogP contribution in [-0.4, -0.2) is 35.4 Å². The molecule has 0 unspecified atom stereocenters.